The van der Waals surface area contributed by atoms with E-state index < -0.39 is 29.5 Å². The number of pyridine rings is 1. The second-order valence-electron chi connectivity index (χ2n) is 8.50. The van der Waals surface area contributed by atoms with Gasteiger partial charge in [-0.1, -0.05) is 17.7 Å². The van der Waals surface area contributed by atoms with Gasteiger partial charge in [-0.2, -0.15) is 5.26 Å². The van der Waals surface area contributed by atoms with Crippen LogP contribution in [0, 0.1) is 23.0 Å². The third-order valence-corrected chi connectivity index (χ3v) is 6.00. The first-order valence-corrected chi connectivity index (χ1v) is 12.1. The van der Waals surface area contributed by atoms with Crippen LogP contribution in [0.4, 0.5) is 36.5 Å². The first kappa shape index (κ1) is 26.3. The van der Waals surface area contributed by atoms with Gasteiger partial charge in [-0.05, 0) is 44.2 Å². The standard InChI is InChI=1S/C26H25ClF2N6O2/c1-3-34-25-20(9-17(27)14-33-25)19-5-4-16(12-30)8-23(19)35(26(34)37)24-21(28)10-18(11-22(24)29)32-7-6-31-13-15(2)36/h4-5,8-11,14-15,31-32,36H,3,6-7,13H2,1-2H3/t15-/m0/s1. The summed E-state index contributed by atoms with van der Waals surface area (Å²) in [5.41, 5.74) is 0.895. The monoisotopic (exact) mass is 526 g/mol. The van der Waals surface area contributed by atoms with Gasteiger partial charge in [0, 0.05) is 49.2 Å². The topological polar surface area (TPSA) is 105 Å². The molecule has 2 aromatic carbocycles. The molecule has 0 spiro atoms. The molecule has 0 saturated carbocycles. The fraction of sp³-hybridized carbons (Fsp3) is 0.269. The maximum atomic E-state index is 15.5. The zero-order valence-electron chi connectivity index (χ0n) is 20.2. The molecule has 0 radical (unpaired) electrons. The van der Waals surface area contributed by atoms with Crippen LogP contribution >= 0.6 is 11.6 Å². The normalized spacial score (nSPS) is 13.5. The van der Waals surface area contributed by atoms with Crippen LogP contribution < -0.4 is 20.4 Å². The molecular formula is C26H25ClF2N6O2. The molecule has 3 N–H and O–H groups in total. The van der Waals surface area contributed by atoms with Crippen molar-refractivity contribution in [3.63, 3.8) is 0 Å². The maximum Gasteiger partial charge on any atom is 0.334 e. The molecule has 8 nitrogen and oxygen atoms in total. The van der Waals surface area contributed by atoms with Gasteiger partial charge in [-0.25, -0.2) is 18.6 Å². The lowest BCUT2D eigenvalue weighted by Gasteiger charge is -2.28. The van der Waals surface area contributed by atoms with E-state index >= 15 is 8.78 Å². The van der Waals surface area contributed by atoms with Crippen LogP contribution in [0.2, 0.25) is 5.02 Å². The van der Waals surface area contributed by atoms with Gasteiger partial charge in [0.1, 0.15) is 11.5 Å². The van der Waals surface area contributed by atoms with Crippen LogP contribution in [-0.2, 0) is 0 Å². The Hall–Kier alpha value is -3.78. The molecule has 0 fully saturated rings. The van der Waals surface area contributed by atoms with E-state index in [1.54, 1.807) is 32.0 Å². The molecule has 3 aromatic rings. The van der Waals surface area contributed by atoms with Gasteiger partial charge in [-0.15, -0.1) is 0 Å². The van der Waals surface area contributed by atoms with E-state index in [0.29, 0.717) is 35.8 Å². The van der Waals surface area contributed by atoms with E-state index in [2.05, 4.69) is 15.6 Å². The van der Waals surface area contributed by atoms with Gasteiger partial charge < -0.3 is 15.7 Å². The van der Waals surface area contributed by atoms with E-state index in [-0.39, 0.29) is 29.3 Å². The maximum absolute atomic E-state index is 15.5. The van der Waals surface area contributed by atoms with Crippen LogP contribution in [0.3, 0.4) is 0 Å². The lowest BCUT2D eigenvalue weighted by molar-refractivity contribution is 0.192. The number of nitriles is 1. The zero-order valence-corrected chi connectivity index (χ0v) is 21.0. The summed E-state index contributed by atoms with van der Waals surface area (Å²) in [7, 11) is 0. The second-order valence-corrected chi connectivity index (χ2v) is 8.94. The van der Waals surface area contributed by atoms with E-state index in [1.165, 1.54) is 17.2 Å². The number of rotatable bonds is 8. The predicted molar refractivity (Wildman–Crippen MR) is 139 cm³/mol. The van der Waals surface area contributed by atoms with Crippen molar-refractivity contribution in [2.24, 2.45) is 0 Å². The summed E-state index contributed by atoms with van der Waals surface area (Å²) in [6.07, 6.45) is 0.886. The van der Waals surface area contributed by atoms with Gasteiger partial charge in [0.2, 0.25) is 0 Å². The molecule has 1 aliphatic heterocycles. The average Bonchev–Trinajstić information content (AvgIpc) is 2.95. The highest BCUT2D eigenvalue weighted by atomic mass is 35.5. The molecule has 0 unspecified atom stereocenters. The Morgan fingerprint density at radius 1 is 1.16 bits per heavy atom. The molecule has 0 bridgehead atoms. The number of aliphatic hydroxyl groups excluding tert-OH is 1. The van der Waals surface area contributed by atoms with Crippen LogP contribution in [-0.4, -0.2) is 48.4 Å². The first-order chi connectivity index (χ1) is 17.7. The fourth-order valence-electron chi connectivity index (χ4n) is 4.16. The SMILES string of the molecule is CCN1C(=O)N(c2c(F)cc(NCCNC[C@H](C)O)cc2F)c2cc(C#N)ccc2-c2cc(Cl)cnc21. The highest BCUT2D eigenvalue weighted by Gasteiger charge is 2.36. The summed E-state index contributed by atoms with van der Waals surface area (Å²) in [5, 5.41) is 25.0. The van der Waals surface area contributed by atoms with Crippen molar-refractivity contribution in [1.82, 2.24) is 10.3 Å². The fourth-order valence-corrected chi connectivity index (χ4v) is 4.32. The van der Waals surface area contributed by atoms with E-state index in [9.17, 15) is 15.2 Å². The van der Waals surface area contributed by atoms with Crippen molar-refractivity contribution in [2.75, 3.05) is 41.3 Å². The summed E-state index contributed by atoms with van der Waals surface area (Å²) in [6, 6.07) is 9.70. The number of aliphatic hydroxyl groups is 1. The van der Waals surface area contributed by atoms with Crippen molar-refractivity contribution >= 4 is 40.5 Å². The molecule has 11 heteroatoms. The summed E-state index contributed by atoms with van der Waals surface area (Å²) in [4.78, 5) is 20.4. The molecule has 1 aliphatic rings. The second kappa shape index (κ2) is 11.1. The summed E-state index contributed by atoms with van der Waals surface area (Å²) < 4.78 is 31.1. The quantitative estimate of drug-likeness (QED) is 0.356. The molecule has 0 aliphatic carbocycles. The number of hydrogen-bond acceptors (Lipinski definition) is 6. The van der Waals surface area contributed by atoms with E-state index in [0.717, 1.165) is 17.0 Å². The highest BCUT2D eigenvalue weighted by molar-refractivity contribution is 6.31. The Morgan fingerprint density at radius 3 is 2.54 bits per heavy atom. The number of anilines is 4. The molecule has 192 valence electrons. The minimum absolute atomic E-state index is 0.131. The van der Waals surface area contributed by atoms with Crippen LogP contribution in [0.15, 0.2) is 42.6 Å². The molecule has 2 heterocycles. The van der Waals surface area contributed by atoms with Crippen molar-refractivity contribution in [3.05, 3.63) is 64.8 Å². The third-order valence-electron chi connectivity index (χ3n) is 5.80. The largest absolute Gasteiger partial charge is 0.392 e. The number of aromatic nitrogens is 1. The highest BCUT2D eigenvalue weighted by Crippen LogP contribution is 2.45. The Kier molecular flexibility index (Phi) is 7.88. The molecule has 37 heavy (non-hydrogen) atoms. The number of fused-ring (bicyclic) bond motifs is 3. The number of benzene rings is 2. The molecule has 1 aromatic heterocycles. The van der Waals surface area contributed by atoms with Crippen molar-refractivity contribution < 1.29 is 18.7 Å². The summed E-state index contributed by atoms with van der Waals surface area (Å²) >= 11 is 6.20. The molecule has 0 saturated heterocycles. The van der Waals surface area contributed by atoms with Gasteiger partial charge in [0.05, 0.1) is 28.4 Å². The Bertz CT molecular complexity index is 1350. The van der Waals surface area contributed by atoms with Crippen LogP contribution in [0.25, 0.3) is 11.1 Å². The Balaban J connectivity index is 1.80. The predicted octanol–water partition coefficient (Wildman–Crippen LogP) is 5.03. The number of hydrogen-bond donors (Lipinski definition) is 3. The minimum atomic E-state index is -0.964. The van der Waals surface area contributed by atoms with Gasteiger partial charge in [0.15, 0.2) is 11.6 Å². The summed E-state index contributed by atoms with van der Waals surface area (Å²) in [6.45, 7) is 4.74. The Labute approximate surface area is 218 Å². The number of carbonyl (C=O) groups is 1. The molecule has 2 amide bonds. The molecule has 1 atom stereocenters. The van der Waals surface area contributed by atoms with Crippen molar-refractivity contribution in [2.45, 2.75) is 20.0 Å². The van der Waals surface area contributed by atoms with E-state index in [4.69, 9.17) is 11.6 Å². The zero-order chi connectivity index (χ0) is 26.7. The Morgan fingerprint density at radius 2 is 1.89 bits per heavy atom. The third kappa shape index (κ3) is 5.34. The van der Waals surface area contributed by atoms with Crippen LogP contribution in [0.5, 0.6) is 0 Å². The first-order valence-electron chi connectivity index (χ1n) is 11.7. The smallest absolute Gasteiger partial charge is 0.334 e. The van der Waals surface area contributed by atoms with Crippen LogP contribution in [0.1, 0.15) is 19.4 Å². The molecular weight excluding hydrogens is 502 g/mol. The van der Waals surface area contributed by atoms with E-state index in [1.807, 2.05) is 6.07 Å². The minimum Gasteiger partial charge on any atom is -0.392 e. The van der Waals surface area contributed by atoms with Gasteiger partial charge >= 0.3 is 6.03 Å². The summed E-state index contributed by atoms with van der Waals surface area (Å²) in [5.74, 6) is -1.64. The molecule has 4 rings (SSSR count). The van der Waals surface area contributed by atoms with Gasteiger partial charge in [0.25, 0.3) is 0 Å². The number of urea groups is 1. The lowest BCUT2D eigenvalue weighted by Crippen LogP contribution is -2.41. The van der Waals surface area contributed by atoms with Crippen molar-refractivity contribution in [1.29, 1.82) is 5.26 Å². The number of nitrogens with one attached hydrogen (secondary N) is 2. The lowest BCUT2D eigenvalue weighted by atomic mass is 10.0. The number of carbonyl (C=O) groups excluding carboxylic acids is 1. The van der Waals surface area contributed by atoms with Crippen molar-refractivity contribution in [3.8, 4) is 17.2 Å². The number of amides is 2. The number of halogens is 3. The van der Waals surface area contributed by atoms with Gasteiger partial charge in [-0.3, -0.25) is 9.80 Å². The average molecular weight is 527 g/mol. The number of nitrogens with zero attached hydrogens (tertiary/aromatic N) is 4.